The molecule has 144 valence electrons. The zero-order chi connectivity index (χ0) is 19.6. The van der Waals surface area contributed by atoms with E-state index < -0.39 is 11.7 Å². The molecule has 0 unspecified atom stereocenters. The van der Waals surface area contributed by atoms with E-state index >= 15 is 0 Å². The summed E-state index contributed by atoms with van der Waals surface area (Å²) in [6.45, 7) is 7.69. The molecule has 0 aliphatic heterocycles. The van der Waals surface area contributed by atoms with E-state index in [1.165, 1.54) is 6.92 Å². The van der Waals surface area contributed by atoms with Crippen molar-refractivity contribution in [1.29, 1.82) is 0 Å². The van der Waals surface area contributed by atoms with Crippen LogP contribution in [-0.4, -0.2) is 43.2 Å². The van der Waals surface area contributed by atoms with Crippen molar-refractivity contribution in [1.82, 2.24) is 10.6 Å². The number of nitrogens with one attached hydrogen (secondary N) is 3. The maximum absolute atomic E-state index is 11.8. The molecule has 8 heteroatoms. The van der Waals surface area contributed by atoms with Crippen molar-refractivity contribution in [2.75, 3.05) is 25.0 Å². The topological polar surface area (TPSA) is 106 Å². The van der Waals surface area contributed by atoms with Gasteiger partial charge in [-0.3, -0.25) is 14.9 Å². The normalized spacial score (nSPS) is 10.6. The number of anilines is 1. The molecule has 0 saturated heterocycles. The molecule has 0 spiro atoms. The molecule has 0 saturated carbocycles. The Kier molecular flexibility index (Phi) is 8.41. The first kappa shape index (κ1) is 21.3. The number of benzene rings is 1. The van der Waals surface area contributed by atoms with Crippen LogP contribution in [0.25, 0.3) is 0 Å². The highest BCUT2D eigenvalue weighted by Gasteiger charge is 2.16. The quantitative estimate of drug-likeness (QED) is 0.612. The van der Waals surface area contributed by atoms with Crippen molar-refractivity contribution in [2.45, 2.75) is 39.7 Å². The lowest BCUT2D eigenvalue weighted by molar-refractivity contribution is -0.121. The minimum Gasteiger partial charge on any atom is -0.492 e. The Balaban J connectivity index is 2.32. The van der Waals surface area contributed by atoms with Gasteiger partial charge in [-0.1, -0.05) is 6.07 Å². The first-order chi connectivity index (χ1) is 12.2. The second kappa shape index (κ2) is 10.3. The summed E-state index contributed by atoms with van der Waals surface area (Å²) in [7, 11) is 0. The zero-order valence-corrected chi connectivity index (χ0v) is 15.7. The van der Waals surface area contributed by atoms with Gasteiger partial charge in [0.25, 0.3) is 0 Å². The van der Waals surface area contributed by atoms with Crippen LogP contribution < -0.4 is 20.7 Å². The molecule has 0 fully saturated rings. The molecule has 1 aromatic carbocycles. The van der Waals surface area contributed by atoms with Gasteiger partial charge in [-0.15, -0.1) is 0 Å². The fourth-order valence-corrected chi connectivity index (χ4v) is 1.88. The molecule has 0 aliphatic carbocycles. The molecule has 0 aromatic heterocycles. The first-order valence-corrected chi connectivity index (χ1v) is 8.40. The Morgan fingerprint density at radius 1 is 1.08 bits per heavy atom. The van der Waals surface area contributed by atoms with Gasteiger partial charge in [0.15, 0.2) is 0 Å². The smallest absolute Gasteiger partial charge is 0.412 e. The average molecular weight is 365 g/mol. The summed E-state index contributed by atoms with van der Waals surface area (Å²) in [5.74, 6) is 0.231. The van der Waals surface area contributed by atoms with Crippen LogP contribution in [0.5, 0.6) is 5.75 Å². The van der Waals surface area contributed by atoms with E-state index in [2.05, 4.69) is 16.0 Å². The van der Waals surface area contributed by atoms with Crippen molar-refractivity contribution in [3.8, 4) is 5.75 Å². The van der Waals surface area contributed by atoms with Gasteiger partial charge in [0, 0.05) is 31.6 Å². The summed E-state index contributed by atoms with van der Waals surface area (Å²) >= 11 is 0. The largest absolute Gasteiger partial charge is 0.492 e. The van der Waals surface area contributed by atoms with Crippen LogP contribution in [0.4, 0.5) is 10.5 Å². The third kappa shape index (κ3) is 10.2. The molecule has 8 nitrogen and oxygen atoms in total. The zero-order valence-electron chi connectivity index (χ0n) is 15.7. The highest BCUT2D eigenvalue weighted by Crippen LogP contribution is 2.18. The van der Waals surface area contributed by atoms with Gasteiger partial charge < -0.3 is 20.1 Å². The predicted octanol–water partition coefficient (Wildman–Crippen LogP) is 2.05. The van der Waals surface area contributed by atoms with Gasteiger partial charge in [-0.05, 0) is 32.9 Å². The lowest BCUT2D eigenvalue weighted by Crippen LogP contribution is -2.31. The maximum atomic E-state index is 11.8. The van der Waals surface area contributed by atoms with Crippen LogP contribution in [0.15, 0.2) is 24.3 Å². The molecule has 3 N–H and O–H groups in total. The Morgan fingerprint density at radius 3 is 2.46 bits per heavy atom. The number of amides is 3. The standard InChI is InChI=1S/C18H27N3O5/c1-13(22)19-9-8-16(23)20-10-11-25-15-7-5-6-14(12-15)21-17(24)26-18(2,3)4/h5-7,12H,8-11H2,1-4H3,(H,19,22)(H,20,23)(H,21,24). The molecule has 0 heterocycles. The van der Waals surface area contributed by atoms with Crippen LogP contribution >= 0.6 is 0 Å². The molecule has 1 rings (SSSR count). The van der Waals surface area contributed by atoms with Crippen molar-refractivity contribution in [3.05, 3.63) is 24.3 Å². The number of hydrogen-bond acceptors (Lipinski definition) is 5. The summed E-state index contributed by atoms with van der Waals surface area (Å²) in [5, 5.41) is 7.88. The number of ether oxygens (including phenoxy) is 2. The predicted molar refractivity (Wildman–Crippen MR) is 98.1 cm³/mol. The van der Waals surface area contributed by atoms with E-state index in [0.29, 0.717) is 24.5 Å². The van der Waals surface area contributed by atoms with Crippen LogP contribution in [0.2, 0.25) is 0 Å². The highest BCUT2D eigenvalue weighted by molar-refractivity contribution is 5.85. The summed E-state index contributed by atoms with van der Waals surface area (Å²) in [4.78, 5) is 34.0. The van der Waals surface area contributed by atoms with E-state index in [1.807, 2.05) is 0 Å². The van der Waals surface area contributed by atoms with Gasteiger partial charge in [0.2, 0.25) is 11.8 Å². The molecule has 0 bridgehead atoms. The Hall–Kier alpha value is -2.77. The van der Waals surface area contributed by atoms with Gasteiger partial charge in [-0.2, -0.15) is 0 Å². The van der Waals surface area contributed by atoms with Gasteiger partial charge in [0.1, 0.15) is 18.0 Å². The number of rotatable bonds is 8. The summed E-state index contributed by atoms with van der Waals surface area (Å²) < 4.78 is 10.7. The monoisotopic (exact) mass is 365 g/mol. The number of hydrogen-bond donors (Lipinski definition) is 3. The third-order valence-corrected chi connectivity index (χ3v) is 2.90. The van der Waals surface area contributed by atoms with E-state index in [-0.39, 0.29) is 24.8 Å². The lowest BCUT2D eigenvalue weighted by Gasteiger charge is -2.19. The summed E-state index contributed by atoms with van der Waals surface area (Å²) in [5.41, 5.74) is -0.0211. The van der Waals surface area contributed by atoms with Crippen molar-refractivity contribution < 1.29 is 23.9 Å². The van der Waals surface area contributed by atoms with Gasteiger partial charge >= 0.3 is 6.09 Å². The molecule has 26 heavy (non-hydrogen) atoms. The van der Waals surface area contributed by atoms with Crippen LogP contribution in [0.3, 0.4) is 0 Å². The minimum atomic E-state index is -0.573. The molecule has 1 aromatic rings. The molecule has 3 amide bonds. The molecule has 0 radical (unpaired) electrons. The SMILES string of the molecule is CC(=O)NCCC(=O)NCCOc1cccc(NC(=O)OC(C)(C)C)c1. The second-order valence-electron chi connectivity index (χ2n) is 6.59. The van der Waals surface area contributed by atoms with Crippen LogP contribution in [-0.2, 0) is 14.3 Å². The fraction of sp³-hybridized carbons (Fsp3) is 0.500. The maximum Gasteiger partial charge on any atom is 0.412 e. The fourth-order valence-electron chi connectivity index (χ4n) is 1.88. The first-order valence-electron chi connectivity index (χ1n) is 8.40. The van der Waals surface area contributed by atoms with E-state index in [0.717, 1.165) is 0 Å². The lowest BCUT2D eigenvalue weighted by atomic mass is 10.2. The highest BCUT2D eigenvalue weighted by atomic mass is 16.6. The van der Waals surface area contributed by atoms with Crippen LogP contribution in [0.1, 0.15) is 34.1 Å². The average Bonchev–Trinajstić information content (AvgIpc) is 2.49. The second-order valence-corrected chi connectivity index (χ2v) is 6.59. The third-order valence-electron chi connectivity index (χ3n) is 2.90. The summed E-state index contributed by atoms with van der Waals surface area (Å²) in [6.07, 6.45) is -0.324. The van der Waals surface area contributed by atoms with Crippen LogP contribution in [0, 0.1) is 0 Å². The Labute approximate surface area is 153 Å². The van der Waals surface area contributed by atoms with Gasteiger partial charge in [0.05, 0.1) is 6.54 Å². The molecule has 0 aliphatic rings. The Bertz CT molecular complexity index is 625. The minimum absolute atomic E-state index is 0.164. The van der Waals surface area contributed by atoms with Crippen molar-refractivity contribution in [3.63, 3.8) is 0 Å². The van der Waals surface area contributed by atoms with Crippen molar-refractivity contribution >= 4 is 23.6 Å². The molecule has 0 atom stereocenters. The molecular weight excluding hydrogens is 338 g/mol. The van der Waals surface area contributed by atoms with Gasteiger partial charge in [-0.25, -0.2) is 4.79 Å². The summed E-state index contributed by atoms with van der Waals surface area (Å²) in [6, 6.07) is 6.88. The van der Waals surface area contributed by atoms with E-state index in [1.54, 1.807) is 45.0 Å². The Morgan fingerprint density at radius 2 is 1.81 bits per heavy atom. The number of carbonyl (C=O) groups is 3. The molecular formula is C18H27N3O5. The number of carbonyl (C=O) groups excluding carboxylic acids is 3. The van der Waals surface area contributed by atoms with E-state index in [9.17, 15) is 14.4 Å². The van der Waals surface area contributed by atoms with E-state index in [4.69, 9.17) is 9.47 Å². The van der Waals surface area contributed by atoms with Crippen molar-refractivity contribution in [2.24, 2.45) is 0 Å².